The van der Waals surface area contributed by atoms with Crippen LogP contribution in [0.3, 0.4) is 0 Å². The second-order valence-corrected chi connectivity index (χ2v) is 8.81. The van der Waals surface area contributed by atoms with Crippen LogP contribution in [0.15, 0.2) is 71.8 Å². The summed E-state index contributed by atoms with van der Waals surface area (Å²) in [5.74, 6) is 2.17. The molecule has 0 aliphatic rings. The molecule has 0 radical (unpaired) electrons. The van der Waals surface area contributed by atoms with Gasteiger partial charge in [-0.3, -0.25) is 4.79 Å². The van der Waals surface area contributed by atoms with Gasteiger partial charge in [0.2, 0.25) is 0 Å². The normalized spacial score (nSPS) is 10.8. The number of halogens is 1. The number of nitrogens with one attached hydrogen (secondary N) is 1. The van der Waals surface area contributed by atoms with Gasteiger partial charge >= 0.3 is 0 Å². The Labute approximate surface area is 229 Å². The minimum absolute atomic E-state index is 0.274. The topological polar surface area (TPSA) is 78.4 Å². The highest BCUT2D eigenvalue weighted by Gasteiger charge is 2.13. The number of carbonyl (C=O) groups excluding carboxylic acids is 1. The molecule has 0 saturated heterocycles. The molecule has 202 valence electrons. The number of hydrazone groups is 1. The van der Waals surface area contributed by atoms with Crippen LogP contribution in [-0.4, -0.2) is 38.5 Å². The number of hydrogen-bond acceptors (Lipinski definition) is 6. The summed E-state index contributed by atoms with van der Waals surface area (Å²) < 4.78 is 23.2. The van der Waals surface area contributed by atoms with Gasteiger partial charge in [-0.1, -0.05) is 56.0 Å². The van der Waals surface area contributed by atoms with Crippen molar-refractivity contribution in [3.8, 4) is 23.0 Å². The molecule has 0 unspecified atom stereocenters. The van der Waals surface area contributed by atoms with E-state index in [4.69, 9.17) is 30.5 Å². The minimum Gasteiger partial charge on any atom is -0.494 e. The third-order valence-corrected chi connectivity index (χ3v) is 5.72. The Morgan fingerprint density at radius 2 is 1.53 bits per heavy atom. The molecule has 3 rings (SSSR count). The summed E-state index contributed by atoms with van der Waals surface area (Å²) in [5.41, 5.74) is 3.68. The molecule has 0 aliphatic carbocycles. The zero-order chi connectivity index (χ0) is 27.0. The van der Waals surface area contributed by atoms with Gasteiger partial charge in [0.05, 0.1) is 24.5 Å². The van der Waals surface area contributed by atoms with Crippen LogP contribution in [-0.2, 0) is 0 Å². The minimum atomic E-state index is -0.303. The zero-order valence-corrected chi connectivity index (χ0v) is 22.7. The highest BCUT2D eigenvalue weighted by atomic mass is 35.5. The van der Waals surface area contributed by atoms with Crippen molar-refractivity contribution in [2.45, 2.75) is 39.5 Å². The molecule has 0 aliphatic heterocycles. The van der Waals surface area contributed by atoms with Crippen LogP contribution in [0.1, 0.15) is 55.5 Å². The predicted octanol–water partition coefficient (Wildman–Crippen LogP) is 6.92. The smallest absolute Gasteiger partial charge is 0.271 e. The van der Waals surface area contributed by atoms with Crippen LogP contribution in [0.5, 0.6) is 23.0 Å². The third-order valence-electron chi connectivity index (χ3n) is 5.44. The van der Waals surface area contributed by atoms with Crippen molar-refractivity contribution in [2.75, 3.05) is 26.4 Å². The van der Waals surface area contributed by atoms with Gasteiger partial charge in [0, 0.05) is 5.56 Å². The second kappa shape index (κ2) is 16.2. The van der Waals surface area contributed by atoms with Crippen molar-refractivity contribution in [1.82, 2.24) is 5.43 Å². The standard InChI is InChI=1S/C30H35ClN2O5/c1-3-5-6-10-17-36-25-13-15-26(16-14-25)37-18-19-38-29-27(31)20-23(21-28(29)35-4-2)22-32-33-30(34)24-11-8-7-9-12-24/h7-9,11-16,20-22H,3-6,10,17-19H2,1-2H3,(H,33,34)/b32-22-. The largest absolute Gasteiger partial charge is 0.494 e. The van der Waals surface area contributed by atoms with Gasteiger partial charge in [0.15, 0.2) is 11.5 Å². The number of nitrogens with zero attached hydrogens (tertiary/aromatic N) is 1. The van der Waals surface area contributed by atoms with Crippen molar-refractivity contribution in [3.63, 3.8) is 0 Å². The van der Waals surface area contributed by atoms with Crippen molar-refractivity contribution >= 4 is 23.7 Å². The number of carbonyl (C=O) groups is 1. The van der Waals surface area contributed by atoms with Gasteiger partial charge in [-0.2, -0.15) is 5.10 Å². The third kappa shape index (κ3) is 9.63. The molecule has 0 heterocycles. The lowest BCUT2D eigenvalue weighted by atomic mass is 10.2. The molecular formula is C30H35ClN2O5. The van der Waals surface area contributed by atoms with Crippen molar-refractivity contribution in [1.29, 1.82) is 0 Å². The maximum atomic E-state index is 12.2. The molecule has 0 spiro atoms. The molecule has 0 aromatic heterocycles. The first-order chi connectivity index (χ1) is 18.6. The lowest BCUT2D eigenvalue weighted by Crippen LogP contribution is -2.17. The van der Waals surface area contributed by atoms with Crippen LogP contribution in [0, 0.1) is 0 Å². The highest BCUT2D eigenvalue weighted by Crippen LogP contribution is 2.36. The number of unbranched alkanes of at least 4 members (excludes halogenated alkanes) is 3. The molecule has 0 fully saturated rings. The van der Waals surface area contributed by atoms with Crippen LogP contribution in [0.2, 0.25) is 5.02 Å². The quantitative estimate of drug-likeness (QED) is 0.122. The van der Waals surface area contributed by atoms with E-state index in [-0.39, 0.29) is 12.5 Å². The zero-order valence-electron chi connectivity index (χ0n) is 22.0. The summed E-state index contributed by atoms with van der Waals surface area (Å²) in [5, 5.41) is 4.39. The number of hydrogen-bond donors (Lipinski definition) is 1. The molecule has 3 aromatic carbocycles. The predicted molar refractivity (Wildman–Crippen MR) is 151 cm³/mol. The van der Waals surface area contributed by atoms with E-state index in [1.165, 1.54) is 25.5 Å². The Morgan fingerprint density at radius 3 is 2.21 bits per heavy atom. The fourth-order valence-electron chi connectivity index (χ4n) is 3.54. The van der Waals surface area contributed by atoms with Crippen LogP contribution in [0.25, 0.3) is 0 Å². The molecule has 0 atom stereocenters. The lowest BCUT2D eigenvalue weighted by Gasteiger charge is -2.15. The number of ether oxygens (including phenoxy) is 4. The van der Waals surface area contributed by atoms with Crippen molar-refractivity contribution in [3.05, 3.63) is 82.9 Å². The van der Waals surface area contributed by atoms with Crippen molar-refractivity contribution in [2.24, 2.45) is 5.10 Å². The monoisotopic (exact) mass is 538 g/mol. The summed E-state index contributed by atoms with van der Waals surface area (Å²) in [6, 6.07) is 19.9. The van der Waals surface area contributed by atoms with E-state index in [1.54, 1.807) is 36.4 Å². The van der Waals surface area contributed by atoms with Crippen LogP contribution in [0.4, 0.5) is 0 Å². The van der Waals surface area contributed by atoms with E-state index in [0.29, 0.717) is 40.9 Å². The van der Waals surface area contributed by atoms with Gasteiger partial charge < -0.3 is 18.9 Å². The van der Waals surface area contributed by atoms with E-state index in [2.05, 4.69) is 17.5 Å². The summed E-state index contributed by atoms with van der Waals surface area (Å²) in [6.07, 6.45) is 6.21. The molecule has 1 N–H and O–H groups in total. The first-order valence-electron chi connectivity index (χ1n) is 12.9. The lowest BCUT2D eigenvalue weighted by molar-refractivity contribution is 0.0955. The molecule has 3 aromatic rings. The number of rotatable bonds is 16. The average Bonchev–Trinajstić information content (AvgIpc) is 2.93. The van der Waals surface area contributed by atoms with Crippen LogP contribution >= 0.6 is 11.6 Å². The number of benzene rings is 3. The summed E-state index contributed by atoms with van der Waals surface area (Å²) >= 11 is 6.48. The van der Waals surface area contributed by atoms with E-state index >= 15 is 0 Å². The molecule has 38 heavy (non-hydrogen) atoms. The first-order valence-corrected chi connectivity index (χ1v) is 13.3. The van der Waals surface area contributed by atoms with Gasteiger partial charge in [0.1, 0.15) is 24.7 Å². The molecule has 0 saturated carbocycles. The fourth-order valence-corrected chi connectivity index (χ4v) is 3.81. The van der Waals surface area contributed by atoms with Gasteiger partial charge in [-0.15, -0.1) is 0 Å². The SMILES string of the molecule is CCCCCCOc1ccc(OCCOc2c(Cl)cc(/C=N\NC(=O)c3ccccc3)cc2OCC)cc1. The van der Waals surface area contributed by atoms with Gasteiger partial charge in [-0.05, 0) is 67.4 Å². The summed E-state index contributed by atoms with van der Waals surface area (Å²) in [4.78, 5) is 12.2. The highest BCUT2D eigenvalue weighted by molar-refractivity contribution is 6.32. The molecule has 0 bridgehead atoms. The second-order valence-electron chi connectivity index (χ2n) is 8.41. The van der Waals surface area contributed by atoms with Gasteiger partial charge in [-0.25, -0.2) is 5.43 Å². The molecular weight excluding hydrogens is 504 g/mol. The van der Waals surface area contributed by atoms with E-state index in [9.17, 15) is 4.79 Å². The first kappa shape index (κ1) is 28.9. The molecule has 1 amide bonds. The Bertz CT molecular complexity index is 1150. The average molecular weight is 539 g/mol. The van der Waals surface area contributed by atoms with Crippen molar-refractivity contribution < 1.29 is 23.7 Å². The molecule has 8 heteroatoms. The maximum Gasteiger partial charge on any atom is 0.271 e. The maximum absolute atomic E-state index is 12.2. The van der Waals surface area contributed by atoms with Crippen LogP contribution < -0.4 is 24.4 Å². The Hall–Kier alpha value is -3.71. The fraction of sp³-hybridized carbons (Fsp3) is 0.333. The van der Waals surface area contributed by atoms with Gasteiger partial charge in [0.25, 0.3) is 5.91 Å². The molecule has 7 nitrogen and oxygen atoms in total. The summed E-state index contributed by atoms with van der Waals surface area (Å²) in [6.45, 7) is 5.83. The summed E-state index contributed by atoms with van der Waals surface area (Å²) in [7, 11) is 0. The van der Waals surface area contributed by atoms with E-state index in [1.807, 2.05) is 37.3 Å². The number of amides is 1. The Morgan fingerprint density at radius 1 is 0.842 bits per heavy atom. The Kier molecular flexibility index (Phi) is 12.3. The van der Waals surface area contributed by atoms with E-state index in [0.717, 1.165) is 24.5 Å². The Balaban J connectivity index is 1.49. The van der Waals surface area contributed by atoms with E-state index < -0.39 is 0 Å².